The van der Waals surface area contributed by atoms with Crippen molar-refractivity contribution in [2.24, 2.45) is 0 Å². The lowest BCUT2D eigenvalue weighted by Gasteiger charge is -2.18. The van der Waals surface area contributed by atoms with Crippen molar-refractivity contribution in [1.82, 2.24) is 10.2 Å². The summed E-state index contributed by atoms with van der Waals surface area (Å²) in [6.07, 6.45) is 0. The zero-order chi connectivity index (χ0) is 18.7. The second-order valence-electron chi connectivity index (χ2n) is 6.93. The molecule has 0 aliphatic heterocycles. The molecule has 26 heavy (non-hydrogen) atoms. The molecule has 2 aromatic carbocycles. The van der Waals surface area contributed by atoms with Crippen LogP contribution in [0.5, 0.6) is 5.75 Å². The van der Waals surface area contributed by atoms with E-state index in [0.717, 1.165) is 5.56 Å². The first-order valence-electron chi connectivity index (χ1n) is 8.26. The van der Waals surface area contributed by atoms with Gasteiger partial charge in [0, 0.05) is 11.1 Å². The first-order chi connectivity index (χ1) is 12.4. The van der Waals surface area contributed by atoms with Gasteiger partial charge < -0.3 is 9.15 Å². The Kier molecular flexibility index (Phi) is 4.75. The zero-order valence-corrected chi connectivity index (χ0v) is 15.2. The van der Waals surface area contributed by atoms with Gasteiger partial charge in [-0.2, -0.15) is 0 Å². The van der Waals surface area contributed by atoms with Crippen LogP contribution < -0.4 is 10.1 Å². The van der Waals surface area contributed by atoms with Crippen molar-refractivity contribution in [3.63, 3.8) is 0 Å². The lowest BCUT2D eigenvalue weighted by Crippen LogP contribution is -2.14. The third-order valence-corrected chi connectivity index (χ3v) is 3.98. The lowest BCUT2D eigenvalue weighted by atomic mass is 9.87. The smallest absolute Gasteiger partial charge is 0.322 e. The van der Waals surface area contributed by atoms with E-state index in [1.54, 1.807) is 25.3 Å². The van der Waals surface area contributed by atoms with Gasteiger partial charge in [0.05, 0.1) is 7.11 Å². The molecule has 134 valence electrons. The molecule has 0 saturated heterocycles. The quantitative estimate of drug-likeness (QED) is 0.758. The molecule has 1 aromatic heterocycles. The molecular formula is C20H21N3O3. The van der Waals surface area contributed by atoms with Crippen LogP contribution in [0.1, 0.15) is 36.7 Å². The number of anilines is 1. The molecule has 6 heteroatoms. The van der Waals surface area contributed by atoms with Crippen molar-refractivity contribution in [2.45, 2.75) is 26.2 Å². The predicted molar refractivity (Wildman–Crippen MR) is 99.4 cm³/mol. The molecule has 0 bridgehead atoms. The van der Waals surface area contributed by atoms with Crippen molar-refractivity contribution < 1.29 is 13.9 Å². The molecule has 1 amide bonds. The number of methoxy groups -OCH3 is 1. The zero-order valence-electron chi connectivity index (χ0n) is 15.2. The van der Waals surface area contributed by atoms with Crippen LogP contribution in [0.25, 0.3) is 11.5 Å². The summed E-state index contributed by atoms with van der Waals surface area (Å²) in [7, 11) is 1.59. The summed E-state index contributed by atoms with van der Waals surface area (Å²) in [6, 6.07) is 14.8. The van der Waals surface area contributed by atoms with E-state index in [4.69, 9.17) is 9.15 Å². The van der Waals surface area contributed by atoms with E-state index in [0.29, 0.717) is 22.8 Å². The highest BCUT2D eigenvalue weighted by atomic mass is 16.5. The SMILES string of the molecule is COc1cccc(-c2nnc(NC(=O)c3ccc(C(C)(C)C)cc3)o2)c1. The number of carbonyl (C=O) groups excluding carboxylic acids is 1. The second-order valence-corrected chi connectivity index (χ2v) is 6.93. The number of amides is 1. The molecule has 0 radical (unpaired) electrons. The maximum Gasteiger partial charge on any atom is 0.322 e. The van der Waals surface area contributed by atoms with E-state index in [1.165, 1.54) is 0 Å². The molecule has 0 spiro atoms. The molecule has 1 heterocycles. The van der Waals surface area contributed by atoms with Gasteiger partial charge in [0.25, 0.3) is 5.91 Å². The largest absolute Gasteiger partial charge is 0.497 e. The molecule has 0 unspecified atom stereocenters. The van der Waals surface area contributed by atoms with Crippen molar-refractivity contribution in [3.8, 4) is 17.2 Å². The van der Waals surface area contributed by atoms with Gasteiger partial charge >= 0.3 is 6.01 Å². The number of aromatic nitrogens is 2. The molecule has 0 aliphatic carbocycles. The van der Waals surface area contributed by atoms with E-state index < -0.39 is 0 Å². The number of hydrogen-bond acceptors (Lipinski definition) is 5. The van der Waals surface area contributed by atoms with Gasteiger partial charge in [-0.25, -0.2) is 0 Å². The fourth-order valence-corrected chi connectivity index (χ4v) is 2.44. The summed E-state index contributed by atoms with van der Waals surface area (Å²) < 4.78 is 10.7. The molecular weight excluding hydrogens is 330 g/mol. The van der Waals surface area contributed by atoms with Gasteiger partial charge in [0.2, 0.25) is 5.89 Å². The summed E-state index contributed by atoms with van der Waals surface area (Å²) in [5, 5.41) is 10.5. The highest BCUT2D eigenvalue weighted by molar-refractivity contribution is 6.03. The number of ether oxygens (including phenoxy) is 1. The first-order valence-corrected chi connectivity index (χ1v) is 8.26. The third-order valence-electron chi connectivity index (χ3n) is 3.98. The lowest BCUT2D eigenvalue weighted by molar-refractivity contribution is 0.102. The van der Waals surface area contributed by atoms with Crippen LogP contribution in [0.3, 0.4) is 0 Å². The second kappa shape index (κ2) is 7.00. The Balaban J connectivity index is 1.73. The number of nitrogens with one attached hydrogen (secondary N) is 1. The highest BCUT2D eigenvalue weighted by Crippen LogP contribution is 2.25. The van der Waals surface area contributed by atoms with Crippen LogP contribution in [0, 0.1) is 0 Å². The van der Waals surface area contributed by atoms with Crippen LogP contribution in [0.15, 0.2) is 52.9 Å². The van der Waals surface area contributed by atoms with E-state index in [-0.39, 0.29) is 17.3 Å². The van der Waals surface area contributed by atoms with Crippen LogP contribution in [-0.4, -0.2) is 23.2 Å². The minimum absolute atomic E-state index is 0.0349. The molecule has 0 aliphatic rings. The number of hydrogen-bond donors (Lipinski definition) is 1. The molecule has 1 N–H and O–H groups in total. The Bertz CT molecular complexity index is 909. The van der Waals surface area contributed by atoms with Gasteiger partial charge in [0.1, 0.15) is 5.75 Å². The van der Waals surface area contributed by atoms with Gasteiger partial charge in [-0.05, 0) is 41.3 Å². The Morgan fingerprint density at radius 1 is 1.08 bits per heavy atom. The fourth-order valence-electron chi connectivity index (χ4n) is 2.44. The standard InChI is InChI=1S/C20H21N3O3/c1-20(2,3)15-10-8-13(9-11-15)17(24)21-19-23-22-18(26-19)14-6-5-7-16(12-14)25-4/h5-12H,1-4H3,(H,21,23,24). The average Bonchev–Trinajstić information content (AvgIpc) is 3.09. The van der Waals surface area contributed by atoms with Gasteiger partial charge in [-0.1, -0.05) is 44.1 Å². The summed E-state index contributed by atoms with van der Waals surface area (Å²) >= 11 is 0. The van der Waals surface area contributed by atoms with Crippen LogP contribution >= 0.6 is 0 Å². The van der Waals surface area contributed by atoms with E-state index in [2.05, 4.69) is 36.3 Å². The van der Waals surface area contributed by atoms with Crippen molar-refractivity contribution >= 4 is 11.9 Å². The van der Waals surface area contributed by atoms with Crippen LogP contribution in [-0.2, 0) is 5.41 Å². The maximum atomic E-state index is 12.4. The summed E-state index contributed by atoms with van der Waals surface area (Å²) in [5.41, 5.74) is 2.44. The van der Waals surface area contributed by atoms with Crippen molar-refractivity contribution in [1.29, 1.82) is 0 Å². The Labute approximate surface area is 152 Å². The average molecular weight is 351 g/mol. The van der Waals surface area contributed by atoms with Crippen LogP contribution in [0.2, 0.25) is 0 Å². The number of rotatable bonds is 4. The molecule has 0 atom stereocenters. The summed E-state index contributed by atoms with van der Waals surface area (Å²) in [5.74, 6) is 0.693. The first kappa shape index (κ1) is 17.7. The van der Waals surface area contributed by atoms with E-state index in [1.807, 2.05) is 30.3 Å². The Hall–Kier alpha value is -3.15. The van der Waals surface area contributed by atoms with Gasteiger partial charge in [-0.15, -0.1) is 5.10 Å². The number of benzene rings is 2. The Morgan fingerprint density at radius 3 is 2.46 bits per heavy atom. The van der Waals surface area contributed by atoms with Crippen molar-refractivity contribution in [3.05, 3.63) is 59.7 Å². The minimum Gasteiger partial charge on any atom is -0.497 e. The highest BCUT2D eigenvalue weighted by Gasteiger charge is 2.16. The number of nitrogens with zero attached hydrogens (tertiary/aromatic N) is 2. The van der Waals surface area contributed by atoms with E-state index in [9.17, 15) is 4.79 Å². The molecule has 3 rings (SSSR count). The normalized spacial score (nSPS) is 11.2. The maximum absolute atomic E-state index is 12.4. The molecule has 0 saturated carbocycles. The topological polar surface area (TPSA) is 77.3 Å². The fraction of sp³-hybridized carbons (Fsp3) is 0.250. The van der Waals surface area contributed by atoms with E-state index >= 15 is 0 Å². The van der Waals surface area contributed by atoms with Gasteiger partial charge in [-0.3, -0.25) is 10.1 Å². The third kappa shape index (κ3) is 3.91. The molecule has 0 fully saturated rings. The molecule has 3 aromatic rings. The monoisotopic (exact) mass is 351 g/mol. The Morgan fingerprint density at radius 2 is 1.81 bits per heavy atom. The predicted octanol–water partition coefficient (Wildman–Crippen LogP) is 4.30. The number of carbonyl (C=O) groups is 1. The molecule has 6 nitrogen and oxygen atoms in total. The van der Waals surface area contributed by atoms with Crippen molar-refractivity contribution in [2.75, 3.05) is 12.4 Å². The summed E-state index contributed by atoms with van der Waals surface area (Å²) in [6.45, 7) is 6.38. The minimum atomic E-state index is -0.300. The summed E-state index contributed by atoms with van der Waals surface area (Å²) in [4.78, 5) is 12.4. The van der Waals surface area contributed by atoms with Crippen LogP contribution in [0.4, 0.5) is 6.01 Å². The van der Waals surface area contributed by atoms with Gasteiger partial charge in [0.15, 0.2) is 0 Å².